The number of aromatic nitrogens is 4. The van der Waals surface area contributed by atoms with Gasteiger partial charge < -0.3 is 16.0 Å². The van der Waals surface area contributed by atoms with Crippen LogP contribution in [0.25, 0.3) is 17.0 Å². The average Bonchev–Trinajstić information content (AvgIpc) is 3.29. The SMILES string of the molecule is NC(=O)c1ncn(-c2nc3ccccc3[nH]2)c1C(=O)Nc1cc(Cl)c(Cl)cc1Cl. The van der Waals surface area contributed by atoms with E-state index >= 15 is 0 Å². The zero-order valence-corrected chi connectivity index (χ0v) is 16.7. The summed E-state index contributed by atoms with van der Waals surface area (Å²) in [4.78, 5) is 36.3. The molecule has 0 spiro atoms. The van der Waals surface area contributed by atoms with Gasteiger partial charge in [0.25, 0.3) is 11.8 Å². The number of hydrogen-bond donors (Lipinski definition) is 3. The lowest BCUT2D eigenvalue weighted by Crippen LogP contribution is -2.23. The lowest BCUT2D eigenvalue weighted by Gasteiger charge is -2.10. The second-order valence-electron chi connectivity index (χ2n) is 5.95. The van der Waals surface area contributed by atoms with Gasteiger partial charge in [-0.3, -0.25) is 14.2 Å². The van der Waals surface area contributed by atoms with Gasteiger partial charge in [-0.1, -0.05) is 46.9 Å². The van der Waals surface area contributed by atoms with E-state index in [2.05, 4.69) is 20.3 Å². The summed E-state index contributed by atoms with van der Waals surface area (Å²) in [6.07, 6.45) is 1.28. The molecule has 0 atom stereocenters. The van der Waals surface area contributed by atoms with Crippen molar-refractivity contribution < 1.29 is 9.59 Å². The van der Waals surface area contributed by atoms with Crippen LogP contribution in [0.2, 0.25) is 15.1 Å². The number of halogens is 3. The highest BCUT2D eigenvalue weighted by Crippen LogP contribution is 2.32. The summed E-state index contributed by atoms with van der Waals surface area (Å²) < 4.78 is 1.33. The van der Waals surface area contributed by atoms with Crippen LogP contribution in [-0.2, 0) is 0 Å². The van der Waals surface area contributed by atoms with Crippen molar-refractivity contribution in [3.63, 3.8) is 0 Å². The van der Waals surface area contributed by atoms with Crippen LogP contribution in [0.1, 0.15) is 21.0 Å². The molecule has 2 heterocycles. The van der Waals surface area contributed by atoms with Gasteiger partial charge >= 0.3 is 0 Å². The van der Waals surface area contributed by atoms with E-state index in [9.17, 15) is 9.59 Å². The van der Waals surface area contributed by atoms with Crippen LogP contribution in [-0.4, -0.2) is 31.3 Å². The molecule has 29 heavy (non-hydrogen) atoms. The Hall–Kier alpha value is -3.07. The molecular weight excluding hydrogens is 439 g/mol. The highest BCUT2D eigenvalue weighted by atomic mass is 35.5. The van der Waals surface area contributed by atoms with Crippen molar-refractivity contribution in [2.75, 3.05) is 5.32 Å². The van der Waals surface area contributed by atoms with Crippen molar-refractivity contribution in [1.82, 2.24) is 19.5 Å². The number of rotatable bonds is 4. The Morgan fingerprint density at radius 1 is 1.07 bits per heavy atom. The minimum atomic E-state index is -0.870. The molecule has 0 saturated carbocycles. The molecule has 0 fully saturated rings. The number of benzene rings is 2. The summed E-state index contributed by atoms with van der Waals surface area (Å²) in [6, 6.07) is 10.1. The van der Waals surface area contributed by atoms with E-state index in [-0.39, 0.29) is 38.1 Å². The van der Waals surface area contributed by atoms with E-state index in [4.69, 9.17) is 40.5 Å². The third-order valence-corrected chi connectivity index (χ3v) is 5.11. The van der Waals surface area contributed by atoms with Gasteiger partial charge in [0.15, 0.2) is 5.69 Å². The topological polar surface area (TPSA) is 119 Å². The fraction of sp³-hybridized carbons (Fsp3) is 0. The summed E-state index contributed by atoms with van der Waals surface area (Å²) >= 11 is 18.0. The highest BCUT2D eigenvalue weighted by Gasteiger charge is 2.25. The maximum absolute atomic E-state index is 13.0. The molecule has 2 aromatic carbocycles. The van der Waals surface area contributed by atoms with Crippen LogP contribution in [0, 0.1) is 0 Å². The minimum absolute atomic E-state index is 0.112. The molecule has 4 rings (SSSR count). The molecule has 0 saturated heterocycles. The molecule has 0 radical (unpaired) electrons. The second-order valence-corrected chi connectivity index (χ2v) is 7.18. The Labute approximate surface area is 178 Å². The lowest BCUT2D eigenvalue weighted by atomic mass is 10.2. The summed E-state index contributed by atoms with van der Waals surface area (Å²) in [5.74, 6) is -1.26. The van der Waals surface area contributed by atoms with E-state index < -0.39 is 11.8 Å². The van der Waals surface area contributed by atoms with Gasteiger partial charge in [0.05, 0.1) is 31.8 Å². The number of nitrogens with one attached hydrogen (secondary N) is 2. The predicted molar refractivity (Wildman–Crippen MR) is 111 cm³/mol. The number of amides is 2. The van der Waals surface area contributed by atoms with Gasteiger partial charge in [-0.15, -0.1) is 0 Å². The van der Waals surface area contributed by atoms with Crippen molar-refractivity contribution in [1.29, 1.82) is 0 Å². The van der Waals surface area contributed by atoms with Crippen molar-refractivity contribution in [2.24, 2.45) is 5.73 Å². The standard InChI is InChI=1S/C18H11Cl3N6O2/c19-8-5-10(21)13(6-9(8)20)24-17(29)15-14(16(22)28)23-7-27(15)18-25-11-3-1-2-4-12(11)26-18/h1-7H,(H2,22,28)(H,24,29)(H,25,26). The maximum Gasteiger partial charge on any atom is 0.275 e. The number of fused-ring (bicyclic) bond motifs is 1. The van der Waals surface area contributed by atoms with Crippen molar-refractivity contribution >= 4 is 63.3 Å². The first-order valence-corrected chi connectivity index (χ1v) is 9.26. The number of H-pyrrole nitrogens is 1. The summed E-state index contributed by atoms with van der Waals surface area (Å²) in [5, 5.41) is 3.20. The lowest BCUT2D eigenvalue weighted by molar-refractivity contribution is 0.0971. The molecule has 4 aromatic rings. The van der Waals surface area contributed by atoms with Crippen LogP contribution in [0.5, 0.6) is 0 Å². The summed E-state index contributed by atoms with van der Waals surface area (Å²) in [7, 11) is 0. The predicted octanol–water partition coefficient (Wildman–Crippen LogP) is 4.06. The molecular formula is C18H11Cl3N6O2. The maximum atomic E-state index is 13.0. The monoisotopic (exact) mass is 448 g/mol. The summed E-state index contributed by atoms with van der Waals surface area (Å²) in [6.45, 7) is 0. The van der Waals surface area contributed by atoms with Crippen LogP contribution < -0.4 is 11.1 Å². The molecule has 2 aromatic heterocycles. The van der Waals surface area contributed by atoms with E-state index in [1.807, 2.05) is 18.2 Å². The van der Waals surface area contributed by atoms with E-state index in [0.29, 0.717) is 5.52 Å². The van der Waals surface area contributed by atoms with E-state index in [1.54, 1.807) is 6.07 Å². The number of hydrogen-bond acceptors (Lipinski definition) is 4. The van der Waals surface area contributed by atoms with E-state index in [0.717, 1.165) is 5.52 Å². The van der Waals surface area contributed by atoms with Crippen LogP contribution in [0.15, 0.2) is 42.7 Å². The number of nitrogens with two attached hydrogens (primary N) is 1. The smallest absolute Gasteiger partial charge is 0.275 e. The molecule has 8 nitrogen and oxygen atoms in total. The molecule has 0 bridgehead atoms. The number of aromatic amines is 1. The average molecular weight is 450 g/mol. The quantitative estimate of drug-likeness (QED) is 0.407. The number of primary amides is 1. The zero-order valence-electron chi connectivity index (χ0n) is 14.4. The normalized spacial score (nSPS) is 11.0. The fourth-order valence-electron chi connectivity index (χ4n) is 2.76. The molecule has 0 aliphatic heterocycles. The zero-order chi connectivity index (χ0) is 20.7. The number of carbonyl (C=O) groups is 2. The Balaban J connectivity index is 1.80. The minimum Gasteiger partial charge on any atom is -0.364 e. The van der Waals surface area contributed by atoms with E-state index in [1.165, 1.54) is 23.0 Å². The fourth-order valence-corrected chi connectivity index (χ4v) is 3.35. The van der Waals surface area contributed by atoms with Crippen LogP contribution in [0.3, 0.4) is 0 Å². The molecule has 11 heteroatoms. The molecule has 0 aliphatic rings. The number of para-hydroxylation sites is 2. The summed E-state index contributed by atoms with van der Waals surface area (Å²) in [5.41, 5.74) is 6.69. The first-order valence-electron chi connectivity index (χ1n) is 8.13. The van der Waals surface area contributed by atoms with Gasteiger partial charge in [-0.25, -0.2) is 9.97 Å². The molecule has 0 unspecified atom stereocenters. The third-order valence-electron chi connectivity index (χ3n) is 4.08. The first-order chi connectivity index (χ1) is 13.8. The largest absolute Gasteiger partial charge is 0.364 e. The second kappa shape index (κ2) is 7.40. The highest BCUT2D eigenvalue weighted by molar-refractivity contribution is 6.44. The number of carbonyl (C=O) groups excluding carboxylic acids is 2. The molecule has 4 N–H and O–H groups in total. The van der Waals surface area contributed by atoms with Crippen LogP contribution in [0.4, 0.5) is 5.69 Å². The third kappa shape index (κ3) is 3.53. The van der Waals surface area contributed by atoms with Crippen LogP contribution >= 0.6 is 34.8 Å². The Kier molecular flexibility index (Phi) is 4.91. The van der Waals surface area contributed by atoms with Gasteiger partial charge in [0.2, 0.25) is 5.95 Å². The molecule has 146 valence electrons. The number of anilines is 1. The van der Waals surface area contributed by atoms with Gasteiger partial charge in [0.1, 0.15) is 12.0 Å². The Bertz CT molecular complexity index is 1250. The van der Waals surface area contributed by atoms with Crippen molar-refractivity contribution in [2.45, 2.75) is 0 Å². The molecule has 0 aliphatic carbocycles. The number of nitrogens with zero attached hydrogens (tertiary/aromatic N) is 3. The number of imidazole rings is 2. The van der Waals surface area contributed by atoms with Gasteiger partial charge in [0, 0.05) is 0 Å². The first kappa shape index (κ1) is 19.3. The van der Waals surface area contributed by atoms with Gasteiger partial charge in [-0.05, 0) is 24.3 Å². The van der Waals surface area contributed by atoms with Gasteiger partial charge in [-0.2, -0.15) is 0 Å². The Morgan fingerprint density at radius 2 is 1.79 bits per heavy atom. The Morgan fingerprint density at radius 3 is 2.52 bits per heavy atom. The van der Waals surface area contributed by atoms with Crippen molar-refractivity contribution in [3.05, 3.63) is 69.2 Å². The van der Waals surface area contributed by atoms with Crippen molar-refractivity contribution in [3.8, 4) is 5.95 Å². The molecule has 2 amide bonds.